The molecule has 1 atom stereocenters. The second-order valence-electron chi connectivity index (χ2n) is 5.81. The van der Waals surface area contributed by atoms with Crippen molar-refractivity contribution in [1.29, 1.82) is 0 Å². The highest BCUT2D eigenvalue weighted by atomic mass is 35.5. The van der Waals surface area contributed by atoms with Crippen LogP contribution in [0.1, 0.15) is 12.8 Å². The molecule has 10 heteroatoms. The lowest BCUT2D eigenvalue weighted by Gasteiger charge is -2.22. The fourth-order valence-corrected chi connectivity index (χ4v) is 7.09. The first-order chi connectivity index (χ1) is 12.4. The SMILES string of the molecule is O=C(Nc1nc2ccccc2s1)C1CCCN1S(=O)(=O)c1ccc(Cl)s1. The van der Waals surface area contributed by atoms with Crippen LogP contribution in [-0.4, -0.2) is 36.2 Å². The number of hydrogen-bond donors (Lipinski definition) is 1. The molecule has 1 fully saturated rings. The van der Waals surface area contributed by atoms with Gasteiger partial charge in [-0.2, -0.15) is 4.31 Å². The number of nitrogens with zero attached hydrogens (tertiary/aromatic N) is 2. The maximum Gasteiger partial charge on any atom is 0.253 e. The predicted molar refractivity (Wildman–Crippen MR) is 104 cm³/mol. The molecule has 1 amide bonds. The second kappa shape index (κ2) is 6.90. The van der Waals surface area contributed by atoms with Crippen LogP contribution in [0.3, 0.4) is 0 Å². The maximum absolute atomic E-state index is 12.8. The number of rotatable bonds is 4. The molecule has 0 bridgehead atoms. The fourth-order valence-electron chi connectivity index (χ4n) is 2.96. The topological polar surface area (TPSA) is 79.4 Å². The fraction of sp³-hybridized carbons (Fsp3) is 0.250. The summed E-state index contributed by atoms with van der Waals surface area (Å²) in [6, 6.07) is 9.86. The monoisotopic (exact) mass is 427 g/mol. The predicted octanol–water partition coefficient (Wildman–Crippen LogP) is 3.80. The largest absolute Gasteiger partial charge is 0.301 e. The molecule has 26 heavy (non-hydrogen) atoms. The van der Waals surface area contributed by atoms with Crippen molar-refractivity contribution in [2.45, 2.75) is 23.1 Å². The molecule has 2 aromatic heterocycles. The lowest BCUT2D eigenvalue weighted by Crippen LogP contribution is -2.42. The quantitative estimate of drug-likeness (QED) is 0.686. The van der Waals surface area contributed by atoms with Crippen molar-refractivity contribution in [1.82, 2.24) is 9.29 Å². The smallest absolute Gasteiger partial charge is 0.253 e. The molecule has 6 nitrogen and oxygen atoms in total. The summed E-state index contributed by atoms with van der Waals surface area (Å²) in [6.07, 6.45) is 1.12. The Hall–Kier alpha value is -1.52. The first kappa shape index (κ1) is 17.9. The normalized spacial score (nSPS) is 18.4. The summed E-state index contributed by atoms with van der Waals surface area (Å²) >= 11 is 8.23. The minimum Gasteiger partial charge on any atom is -0.301 e. The van der Waals surface area contributed by atoms with E-state index in [9.17, 15) is 13.2 Å². The van der Waals surface area contributed by atoms with Gasteiger partial charge in [-0.05, 0) is 37.1 Å². The summed E-state index contributed by atoms with van der Waals surface area (Å²) in [4.78, 5) is 17.1. The number of benzene rings is 1. The van der Waals surface area contributed by atoms with E-state index in [1.807, 2.05) is 24.3 Å². The number of carbonyl (C=O) groups is 1. The van der Waals surface area contributed by atoms with Gasteiger partial charge < -0.3 is 5.32 Å². The van der Waals surface area contributed by atoms with Gasteiger partial charge in [-0.3, -0.25) is 4.79 Å². The van der Waals surface area contributed by atoms with Gasteiger partial charge in [0.15, 0.2) is 5.13 Å². The average molecular weight is 428 g/mol. The van der Waals surface area contributed by atoms with Crippen molar-refractivity contribution in [3.05, 3.63) is 40.7 Å². The van der Waals surface area contributed by atoms with Gasteiger partial charge in [0.2, 0.25) is 5.91 Å². The van der Waals surface area contributed by atoms with Crippen LogP contribution in [0.15, 0.2) is 40.6 Å². The highest BCUT2D eigenvalue weighted by Gasteiger charge is 2.40. The zero-order valence-electron chi connectivity index (χ0n) is 13.4. The van der Waals surface area contributed by atoms with Crippen LogP contribution in [0.25, 0.3) is 10.2 Å². The van der Waals surface area contributed by atoms with Gasteiger partial charge in [0.25, 0.3) is 10.0 Å². The Morgan fingerprint density at radius 1 is 1.23 bits per heavy atom. The first-order valence-corrected chi connectivity index (χ1v) is 11.3. The van der Waals surface area contributed by atoms with Crippen LogP contribution in [0.2, 0.25) is 4.34 Å². The van der Waals surface area contributed by atoms with Crippen LogP contribution >= 0.6 is 34.3 Å². The van der Waals surface area contributed by atoms with Gasteiger partial charge in [-0.25, -0.2) is 13.4 Å². The molecule has 1 aromatic carbocycles. The molecule has 3 aromatic rings. The van der Waals surface area contributed by atoms with Crippen molar-refractivity contribution in [3.63, 3.8) is 0 Å². The Labute approximate surface area is 163 Å². The lowest BCUT2D eigenvalue weighted by molar-refractivity contribution is -0.119. The number of aromatic nitrogens is 1. The molecule has 3 heterocycles. The van der Waals surface area contributed by atoms with E-state index in [-0.39, 0.29) is 10.1 Å². The molecule has 1 N–H and O–H groups in total. The highest BCUT2D eigenvalue weighted by molar-refractivity contribution is 7.91. The number of anilines is 1. The maximum atomic E-state index is 12.8. The third-order valence-electron chi connectivity index (χ3n) is 4.14. The molecular weight excluding hydrogens is 414 g/mol. The number of halogens is 1. The highest BCUT2D eigenvalue weighted by Crippen LogP contribution is 2.33. The number of para-hydroxylation sites is 1. The number of sulfonamides is 1. The molecule has 0 aliphatic carbocycles. The van der Waals surface area contributed by atoms with Crippen LogP contribution < -0.4 is 5.32 Å². The van der Waals surface area contributed by atoms with Crippen LogP contribution in [0.5, 0.6) is 0 Å². The number of thiazole rings is 1. The van der Waals surface area contributed by atoms with Gasteiger partial charge >= 0.3 is 0 Å². The Balaban J connectivity index is 1.56. The third kappa shape index (κ3) is 3.25. The minimum atomic E-state index is -3.74. The summed E-state index contributed by atoms with van der Waals surface area (Å²) in [5.74, 6) is -0.354. The average Bonchev–Trinajstić information content (AvgIpc) is 3.33. The van der Waals surface area contributed by atoms with E-state index in [1.165, 1.54) is 21.7 Å². The third-order valence-corrected chi connectivity index (χ3v) is 8.70. The Morgan fingerprint density at radius 2 is 2.04 bits per heavy atom. The van der Waals surface area contributed by atoms with Gasteiger partial charge in [0.1, 0.15) is 10.3 Å². The Kier molecular flexibility index (Phi) is 4.74. The number of thiophene rings is 1. The number of nitrogens with one attached hydrogen (secondary N) is 1. The molecule has 136 valence electrons. The van der Waals surface area contributed by atoms with Crippen LogP contribution in [-0.2, 0) is 14.8 Å². The van der Waals surface area contributed by atoms with Crippen molar-refractivity contribution in [2.75, 3.05) is 11.9 Å². The van der Waals surface area contributed by atoms with E-state index in [2.05, 4.69) is 10.3 Å². The van der Waals surface area contributed by atoms with Crippen molar-refractivity contribution in [3.8, 4) is 0 Å². The molecule has 1 aliphatic rings. The van der Waals surface area contributed by atoms with E-state index in [4.69, 9.17) is 11.6 Å². The summed E-state index contributed by atoms with van der Waals surface area (Å²) in [6.45, 7) is 0.315. The van der Waals surface area contributed by atoms with E-state index in [0.29, 0.717) is 28.9 Å². The van der Waals surface area contributed by atoms with E-state index < -0.39 is 16.1 Å². The number of amides is 1. The molecule has 4 rings (SSSR count). The molecule has 0 radical (unpaired) electrons. The van der Waals surface area contributed by atoms with E-state index in [0.717, 1.165) is 21.6 Å². The number of fused-ring (bicyclic) bond motifs is 1. The molecule has 1 saturated heterocycles. The summed E-state index contributed by atoms with van der Waals surface area (Å²) in [7, 11) is -3.74. The van der Waals surface area contributed by atoms with Crippen molar-refractivity contribution < 1.29 is 13.2 Å². The first-order valence-electron chi connectivity index (χ1n) is 7.89. The summed E-state index contributed by atoms with van der Waals surface area (Å²) in [5, 5.41) is 3.24. The number of carbonyl (C=O) groups excluding carboxylic acids is 1. The van der Waals surface area contributed by atoms with Gasteiger partial charge in [-0.1, -0.05) is 35.1 Å². The van der Waals surface area contributed by atoms with Crippen LogP contribution in [0, 0.1) is 0 Å². The Bertz CT molecular complexity index is 1040. The lowest BCUT2D eigenvalue weighted by atomic mass is 10.2. The second-order valence-corrected chi connectivity index (χ2v) is 10.7. The molecule has 1 aliphatic heterocycles. The molecule has 0 saturated carbocycles. The number of hydrogen-bond acceptors (Lipinski definition) is 6. The summed E-state index contributed by atoms with van der Waals surface area (Å²) in [5.41, 5.74) is 0.803. The van der Waals surface area contributed by atoms with E-state index in [1.54, 1.807) is 6.07 Å². The molecule has 1 unspecified atom stereocenters. The van der Waals surface area contributed by atoms with Gasteiger partial charge in [0, 0.05) is 6.54 Å². The molecular formula is C16H14ClN3O3S3. The molecule has 0 spiro atoms. The van der Waals surface area contributed by atoms with Crippen molar-refractivity contribution in [2.24, 2.45) is 0 Å². The zero-order valence-corrected chi connectivity index (χ0v) is 16.6. The van der Waals surface area contributed by atoms with Gasteiger partial charge in [-0.15, -0.1) is 11.3 Å². The standard InChI is InChI=1S/C16H14ClN3O3S3/c17-13-7-8-14(25-13)26(22,23)20-9-3-5-11(20)15(21)19-16-18-10-4-1-2-6-12(10)24-16/h1-2,4,6-8,11H,3,5,9H2,(H,18,19,21). The van der Waals surface area contributed by atoms with Crippen molar-refractivity contribution >= 4 is 65.6 Å². The van der Waals surface area contributed by atoms with E-state index >= 15 is 0 Å². The Morgan fingerprint density at radius 3 is 2.77 bits per heavy atom. The summed E-state index contributed by atoms with van der Waals surface area (Å²) < 4.78 is 28.5. The minimum absolute atomic E-state index is 0.155. The zero-order chi connectivity index (χ0) is 18.3. The van der Waals surface area contributed by atoms with Crippen LogP contribution in [0.4, 0.5) is 5.13 Å². The van der Waals surface area contributed by atoms with Gasteiger partial charge in [0.05, 0.1) is 14.6 Å².